The standard InChI is InChI=1S/C12H12F3N3O/c1-16-6-8-7-17-18-11(8)9-4-2-3-5-10(9)19-12(13,14)15/h2-5,7,16H,6H2,1H3,(H,17,18). The summed E-state index contributed by atoms with van der Waals surface area (Å²) >= 11 is 0. The Morgan fingerprint density at radius 3 is 2.74 bits per heavy atom. The SMILES string of the molecule is CNCc1cn[nH]c1-c1ccccc1OC(F)(F)F. The molecule has 4 nitrogen and oxygen atoms in total. The molecule has 0 bridgehead atoms. The Morgan fingerprint density at radius 1 is 1.32 bits per heavy atom. The molecule has 2 rings (SSSR count). The highest BCUT2D eigenvalue weighted by molar-refractivity contribution is 5.69. The van der Waals surface area contributed by atoms with Crippen LogP contribution in [0.15, 0.2) is 30.5 Å². The van der Waals surface area contributed by atoms with Gasteiger partial charge in [0.05, 0.1) is 11.9 Å². The van der Waals surface area contributed by atoms with Crippen LogP contribution in [0.3, 0.4) is 0 Å². The molecule has 1 heterocycles. The molecule has 0 saturated heterocycles. The van der Waals surface area contributed by atoms with Crippen LogP contribution in [0, 0.1) is 0 Å². The summed E-state index contributed by atoms with van der Waals surface area (Å²) in [6, 6.07) is 5.95. The van der Waals surface area contributed by atoms with Crippen molar-refractivity contribution in [3.8, 4) is 17.0 Å². The van der Waals surface area contributed by atoms with Crippen molar-refractivity contribution in [1.29, 1.82) is 0 Å². The molecule has 0 fully saturated rings. The Balaban J connectivity index is 2.41. The van der Waals surface area contributed by atoms with Crippen molar-refractivity contribution in [2.75, 3.05) is 7.05 Å². The van der Waals surface area contributed by atoms with Crippen LogP contribution in [0.1, 0.15) is 5.56 Å². The van der Waals surface area contributed by atoms with Crippen molar-refractivity contribution in [3.63, 3.8) is 0 Å². The van der Waals surface area contributed by atoms with Crippen molar-refractivity contribution in [3.05, 3.63) is 36.0 Å². The molecule has 0 spiro atoms. The van der Waals surface area contributed by atoms with Gasteiger partial charge in [-0.2, -0.15) is 5.10 Å². The Labute approximate surface area is 107 Å². The summed E-state index contributed by atoms with van der Waals surface area (Å²) < 4.78 is 41.1. The third-order valence-corrected chi connectivity index (χ3v) is 2.47. The second-order valence-electron chi connectivity index (χ2n) is 3.84. The van der Waals surface area contributed by atoms with E-state index in [9.17, 15) is 13.2 Å². The van der Waals surface area contributed by atoms with Gasteiger partial charge in [0.1, 0.15) is 5.75 Å². The van der Waals surface area contributed by atoms with Crippen LogP contribution in [0.5, 0.6) is 5.75 Å². The Bertz CT molecular complexity index is 551. The molecule has 19 heavy (non-hydrogen) atoms. The number of aromatic nitrogens is 2. The molecule has 7 heteroatoms. The average Bonchev–Trinajstić information content (AvgIpc) is 2.76. The summed E-state index contributed by atoms with van der Waals surface area (Å²) in [5, 5.41) is 9.47. The van der Waals surface area contributed by atoms with Gasteiger partial charge in [-0.1, -0.05) is 12.1 Å². The first-order valence-electron chi connectivity index (χ1n) is 5.53. The zero-order valence-electron chi connectivity index (χ0n) is 10.1. The van der Waals surface area contributed by atoms with Gasteiger partial charge in [0.2, 0.25) is 0 Å². The molecule has 1 aromatic carbocycles. The number of para-hydroxylation sites is 1. The first kappa shape index (κ1) is 13.4. The predicted octanol–water partition coefficient (Wildman–Crippen LogP) is 2.69. The van der Waals surface area contributed by atoms with Gasteiger partial charge in [0.15, 0.2) is 0 Å². The molecule has 2 aromatic rings. The molecular weight excluding hydrogens is 259 g/mol. The zero-order valence-corrected chi connectivity index (χ0v) is 10.1. The lowest BCUT2D eigenvalue weighted by atomic mass is 10.1. The van der Waals surface area contributed by atoms with E-state index in [0.717, 1.165) is 5.56 Å². The normalized spacial score (nSPS) is 11.6. The summed E-state index contributed by atoms with van der Waals surface area (Å²) in [7, 11) is 1.74. The van der Waals surface area contributed by atoms with Crippen molar-refractivity contribution >= 4 is 0 Å². The molecule has 2 N–H and O–H groups in total. The largest absolute Gasteiger partial charge is 0.573 e. The number of rotatable bonds is 4. The van der Waals surface area contributed by atoms with Gasteiger partial charge in [-0.25, -0.2) is 0 Å². The highest BCUT2D eigenvalue weighted by Crippen LogP contribution is 2.34. The van der Waals surface area contributed by atoms with Crippen LogP contribution in [0.4, 0.5) is 13.2 Å². The van der Waals surface area contributed by atoms with E-state index in [1.165, 1.54) is 12.1 Å². The molecule has 1 aromatic heterocycles. The summed E-state index contributed by atoms with van der Waals surface area (Å²) in [4.78, 5) is 0. The number of nitrogens with one attached hydrogen (secondary N) is 2. The van der Waals surface area contributed by atoms with Crippen molar-refractivity contribution < 1.29 is 17.9 Å². The third kappa shape index (κ3) is 3.25. The van der Waals surface area contributed by atoms with Crippen molar-refractivity contribution in [1.82, 2.24) is 15.5 Å². The van der Waals surface area contributed by atoms with Crippen LogP contribution in [-0.4, -0.2) is 23.6 Å². The number of H-pyrrole nitrogens is 1. The molecule has 0 saturated carbocycles. The van der Waals surface area contributed by atoms with E-state index in [1.54, 1.807) is 25.4 Å². The molecule has 102 valence electrons. The first-order valence-corrected chi connectivity index (χ1v) is 5.53. The van der Waals surface area contributed by atoms with Gasteiger partial charge in [-0.05, 0) is 19.2 Å². The van der Waals surface area contributed by atoms with E-state index in [1.807, 2.05) is 0 Å². The first-order chi connectivity index (χ1) is 9.01. The van der Waals surface area contributed by atoms with Crippen LogP contribution in [-0.2, 0) is 6.54 Å². The van der Waals surface area contributed by atoms with E-state index in [0.29, 0.717) is 17.8 Å². The van der Waals surface area contributed by atoms with E-state index in [4.69, 9.17) is 0 Å². The maximum absolute atomic E-state index is 12.4. The minimum atomic E-state index is -4.72. The van der Waals surface area contributed by atoms with Crippen LogP contribution >= 0.6 is 0 Å². The van der Waals surface area contributed by atoms with Gasteiger partial charge in [0, 0.05) is 17.7 Å². The maximum Gasteiger partial charge on any atom is 0.573 e. The molecular formula is C12H12F3N3O. The van der Waals surface area contributed by atoms with Gasteiger partial charge >= 0.3 is 6.36 Å². The highest BCUT2D eigenvalue weighted by atomic mass is 19.4. The summed E-state index contributed by atoms with van der Waals surface area (Å²) in [6.45, 7) is 0.492. The molecule has 0 aliphatic carbocycles. The lowest BCUT2D eigenvalue weighted by molar-refractivity contribution is -0.274. The number of halogens is 3. The minimum absolute atomic E-state index is 0.253. The van der Waals surface area contributed by atoms with Gasteiger partial charge < -0.3 is 10.1 Å². The predicted molar refractivity (Wildman–Crippen MR) is 63.5 cm³/mol. The van der Waals surface area contributed by atoms with Crippen LogP contribution in [0.2, 0.25) is 0 Å². The quantitative estimate of drug-likeness (QED) is 0.899. The molecule has 0 amide bonds. The summed E-state index contributed by atoms with van der Waals surface area (Å²) in [5.74, 6) is -0.253. The highest BCUT2D eigenvalue weighted by Gasteiger charge is 2.32. The Kier molecular flexibility index (Phi) is 3.75. The van der Waals surface area contributed by atoms with Gasteiger partial charge in [0.25, 0.3) is 0 Å². The lowest BCUT2D eigenvalue weighted by Gasteiger charge is -2.13. The van der Waals surface area contributed by atoms with Crippen LogP contribution < -0.4 is 10.1 Å². The average molecular weight is 271 g/mol. The molecule has 0 aliphatic heterocycles. The Morgan fingerprint density at radius 2 is 2.05 bits per heavy atom. The second-order valence-corrected chi connectivity index (χ2v) is 3.84. The van der Waals surface area contributed by atoms with Gasteiger partial charge in [-0.3, -0.25) is 5.10 Å². The van der Waals surface area contributed by atoms with E-state index in [-0.39, 0.29) is 5.75 Å². The second kappa shape index (κ2) is 5.31. The molecule has 0 unspecified atom stereocenters. The van der Waals surface area contributed by atoms with E-state index in [2.05, 4.69) is 20.3 Å². The number of benzene rings is 1. The zero-order chi connectivity index (χ0) is 13.9. The van der Waals surface area contributed by atoms with E-state index >= 15 is 0 Å². The smallest absolute Gasteiger partial charge is 0.405 e. The fourth-order valence-electron chi connectivity index (χ4n) is 1.76. The monoisotopic (exact) mass is 271 g/mol. The van der Waals surface area contributed by atoms with Gasteiger partial charge in [-0.15, -0.1) is 13.2 Å². The molecule has 0 aliphatic rings. The van der Waals surface area contributed by atoms with Crippen molar-refractivity contribution in [2.24, 2.45) is 0 Å². The Hall–Kier alpha value is -2.02. The number of ether oxygens (including phenoxy) is 1. The fourth-order valence-corrected chi connectivity index (χ4v) is 1.76. The fraction of sp³-hybridized carbons (Fsp3) is 0.250. The number of nitrogens with zero attached hydrogens (tertiary/aromatic N) is 1. The topological polar surface area (TPSA) is 49.9 Å². The molecule has 0 radical (unpaired) electrons. The maximum atomic E-state index is 12.4. The summed E-state index contributed by atoms with van der Waals surface area (Å²) in [5.41, 5.74) is 1.59. The summed E-state index contributed by atoms with van der Waals surface area (Å²) in [6.07, 6.45) is -3.16. The number of hydrogen-bond donors (Lipinski definition) is 2. The number of aromatic amines is 1. The van der Waals surface area contributed by atoms with Crippen LogP contribution in [0.25, 0.3) is 11.3 Å². The van der Waals surface area contributed by atoms with Crippen molar-refractivity contribution in [2.45, 2.75) is 12.9 Å². The molecule has 0 atom stereocenters. The number of alkyl halides is 3. The minimum Gasteiger partial charge on any atom is -0.405 e. The number of hydrogen-bond acceptors (Lipinski definition) is 3. The third-order valence-electron chi connectivity index (χ3n) is 2.47. The van der Waals surface area contributed by atoms with E-state index < -0.39 is 6.36 Å². The lowest BCUT2D eigenvalue weighted by Crippen LogP contribution is -2.17.